The SMILES string of the molecule is COC(=O)c1cc(C2CCNC2)cc(F)c1OC. The molecular formula is C13H16FNO3. The first-order valence-corrected chi connectivity index (χ1v) is 5.83. The van der Waals surface area contributed by atoms with E-state index in [4.69, 9.17) is 4.74 Å². The summed E-state index contributed by atoms with van der Waals surface area (Å²) in [6, 6.07) is 3.09. The fourth-order valence-corrected chi connectivity index (χ4v) is 2.26. The molecule has 0 aromatic heterocycles. The van der Waals surface area contributed by atoms with E-state index in [-0.39, 0.29) is 17.2 Å². The van der Waals surface area contributed by atoms with E-state index in [1.54, 1.807) is 6.07 Å². The third kappa shape index (κ3) is 2.31. The molecule has 1 aromatic rings. The zero-order valence-corrected chi connectivity index (χ0v) is 10.5. The molecule has 1 atom stereocenters. The van der Waals surface area contributed by atoms with Crippen LogP contribution in [0.3, 0.4) is 0 Å². The summed E-state index contributed by atoms with van der Waals surface area (Å²) in [5.41, 5.74) is 0.945. The highest BCUT2D eigenvalue weighted by molar-refractivity contribution is 5.92. The van der Waals surface area contributed by atoms with Crippen molar-refractivity contribution in [2.24, 2.45) is 0 Å². The van der Waals surface area contributed by atoms with Crippen LogP contribution in [-0.2, 0) is 4.74 Å². The molecule has 0 saturated carbocycles. The Kier molecular flexibility index (Phi) is 3.81. The van der Waals surface area contributed by atoms with Gasteiger partial charge in [0.1, 0.15) is 5.56 Å². The smallest absolute Gasteiger partial charge is 0.341 e. The minimum atomic E-state index is -0.585. The van der Waals surface area contributed by atoms with E-state index >= 15 is 0 Å². The summed E-state index contributed by atoms with van der Waals surface area (Å²) in [4.78, 5) is 11.6. The maximum Gasteiger partial charge on any atom is 0.341 e. The lowest BCUT2D eigenvalue weighted by atomic mass is 9.96. The molecule has 1 N–H and O–H groups in total. The van der Waals surface area contributed by atoms with E-state index < -0.39 is 11.8 Å². The van der Waals surface area contributed by atoms with Gasteiger partial charge in [-0.05, 0) is 36.6 Å². The van der Waals surface area contributed by atoms with Gasteiger partial charge in [-0.1, -0.05) is 0 Å². The molecular weight excluding hydrogens is 237 g/mol. The lowest BCUT2D eigenvalue weighted by molar-refractivity contribution is 0.0596. The van der Waals surface area contributed by atoms with Gasteiger partial charge < -0.3 is 14.8 Å². The van der Waals surface area contributed by atoms with Crippen LogP contribution < -0.4 is 10.1 Å². The number of rotatable bonds is 3. The van der Waals surface area contributed by atoms with Crippen molar-refractivity contribution in [3.63, 3.8) is 0 Å². The fourth-order valence-electron chi connectivity index (χ4n) is 2.26. The predicted molar refractivity (Wildman–Crippen MR) is 64.5 cm³/mol. The molecule has 1 unspecified atom stereocenters. The van der Waals surface area contributed by atoms with Crippen molar-refractivity contribution in [3.8, 4) is 5.75 Å². The molecule has 1 heterocycles. The van der Waals surface area contributed by atoms with Crippen molar-refractivity contribution >= 4 is 5.97 Å². The number of carbonyl (C=O) groups is 1. The van der Waals surface area contributed by atoms with E-state index in [9.17, 15) is 9.18 Å². The van der Waals surface area contributed by atoms with Crippen LogP contribution in [0, 0.1) is 5.82 Å². The molecule has 5 heteroatoms. The third-order valence-electron chi connectivity index (χ3n) is 3.21. The number of hydrogen-bond acceptors (Lipinski definition) is 4. The standard InChI is InChI=1S/C13H16FNO3/c1-17-12-10(13(16)18-2)5-9(6-11(12)14)8-3-4-15-7-8/h5-6,8,15H,3-4,7H2,1-2H3. The Hall–Kier alpha value is -1.62. The predicted octanol–water partition coefficient (Wildman–Crippen LogP) is 1.70. The molecule has 1 aliphatic heterocycles. The highest BCUT2D eigenvalue weighted by Gasteiger charge is 2.23. The lowest BCUT2D eigenvalue weighted by Gasteiger charge is -2.14. The van der Waals surface area contributed by atoms with Gasteiger partial charge in [0.15, 0.2) is 11.6 Å². The maximum absolute atomic E-state index is 13.9. The minimum absolute atomic E-state index is 0.0587. The number of benzene rings is 1. The Morgan fingerprint density at radius 2 is 2.22 bits per heavy atom. The van der Waals surface area contributed by atoms with Crippen LogP contribution in [0.2, 0.25) is 0 Å². The minimum Gasteiger partial charge on any atom is -0.493 e. The van der Waals surface area contributed by atoms with Gasteiger partial charge in [-0.2, -0.15) is 0 Å². The number of carbonyl (C=O) groups excluding carboxylic acids is 1. The van der Waals surface area contributed by atoms with Gasteiger partial charge in [0.25, 0.3) is 0 Å². The van der Waals surface area contributed by atoms with Crippen molar-refractivity contribution in [1.29, 1.82) is 0 Å². The number of methoxy groups -OCH3 is 2. The molecule has 0 bridgehead atoms. The summed E-state index contributed by atoms with van der Waals surface area (Å²) < 4.78 is 23.5. The molecule has 1 aromatic carbocycles. The Morgan fingerprint density at radius 3 is 2.78 bits per heavy atom. The monoisotopic (exact) mass is 253 g/mol. The van der Waals surface area contributed by atoms with Crippen molar-refractivity contribution in [2.45, 2.75) is 12.3 Å². The van der Waals surface area contributed by atoms with Gasteiger partial charge in [-0.3, -0.25) is 0 Å². The van der Waals surface area contributed by atoms with Gasteiger partial charge in [0, 0.05) is 6.54 Å². The van der Waals surface area contributed by atoms with E-state index in [2.05, 4.69) is 10.1 Å². The average molecular weight is 253 g/mol. The Bertz CT molecular complexity index is 456. The Balaban J connectivity index is 2.44. The van der Waals surface area contributed by atoms with Crippen LogP contribution in [0.4, 0.5) is 4.39 Å². The van der Waals surface area contributed by atoms with Gasteiger partial charge in [0.05, 0.1) is 14.2 Å². The molecule has 98 valence electrons. The van der Waals surface area contributed by atoms with Crippen LogP contribution >= 0.6 is 0 Å². The summed E-state index contributed by atoms with van der Waals surface area (Å²) in [5.74, 6) is -0.939. The number of ether oxygens (including phenoxy) is 2. The molecule has 0 radical (unpaired) electrons. The van der Waals surface area contributed by atoms with Crippen LogP contribution in [0.25, 0.3) is 0 Å². The number of hydrogen-bond donors (Lipinski definition) is 1. The molecule has 4 nitrogen and oxygen atoms in total. The molecule has 0 amide bonds. The first-order valence-electron chi connectivity index (χ1n) is 5.83. The maximum atomic E-state index is 13.9. The first kappa shape index (κ1) is 12.8. The van der Waals surface area contributed by atoms with Crippen molar-refractivity contribution in [3.05, 3.63) is 29.1 Å². The molecule has 1 aliphatic rings. The summed E-state index contributed by atoms with van der Waals surface area (Å²) in [7, 11) is 2.60. The van der Waals surface area contributed by atoms with Crippen LogP contribution in [0.5, 0.6) is 5.75 Å². The van der Waals surface area contributed by atoms with Gasteiger partial charge in [-0.15, -0.1) is 0 Å². The molecule has 0 aliphatic carbocycles. The van der Waals surface area contributed by atoms with Crippen LogP contribution in [0.15, 0.2) is 12.1 Å². The normalized spacial score (nSPS) is 18.7. The number of esters is 1. The van der Waals surface area contributed by atoms with Crippen molar-refractivity contribution < 1.29 is 18.7 Å². The summed E-state index contributed by atoms with van der Waals surface area (Å²) >= 11 is 0. The Morgan fingerprint density at radius 1 is 1.44 bits per heavy atom. The largest absolute Gasteiger partial charge is 0.493 e. The molecule has 1 fully saturated rings. The lowest BCUT2D eigenvalue weighted by Crippen LogP contribution is -2.11. The van der Waals surface area contributed by atoms with Crippen molar-refractivity contribution in [1.82, 2.24) is 5.32 Å². The number of nitrogens with one attached hydrogen (secondary N) is 1. The highest BCUT2D eigenvalue weighted by Crippen LogP contribution is 2.30. The molecule has 1 saturated heterocycles. The molecule has 2 rings (SSSR count). The van der Waals surface area contributed by atoms with Crippen LogP contribution in [0.1, 0.15) is 28.3 Å². The summed E-state index contributed by atoms with van der Waals surface area (Å²) in [6.45, 7) is 1.71. The van der Waals surface area contributed by atoms with Gasteiger partial charge in [0.2, 0.25) is 0 Å². The highest BCUT2D eigenvalue weighted by atomic mass is 19.1. The van der Waals surface area contributed by atoms with Gasteiger partial charge >= 0.3 is 5.97 Å². The van der Waals surface area contributed by atoms with E-state index in [0.717, 1.165) is 25.1 Å². The molecule has 18 heavy (non-hydrogen) atoms. The second kappa shape index (κ2) is 5.35. The van der Waals surface area contributed by atoms with Crippen molar-refractivity contribution in [2.75, 3.05) is 27.3 Å². The van der Waals surface area contributed by atoms with E-state index in [0.29, 0.717) is 0 Å². The van der Waals surface area contributed by atoms with E-state index in [1.165, 1.54) is 20.3 Å². The first-order chi connectivity index (χ1) is 8.67. The van der Waals surface area contributed by atoms with Crippen LogP contribution in [-0.4, -0.2) is 33.3 Å². The topological polar surface area (TPSA) is 47.6 Å². The van der Waals surface area contributed by atoms with Gasteiger partial charge in [-0.25, -0.2) is 9.18 Å². The average Bonchev–Trinajstić information content (AvgIpc) is 2.90. The summed E-state index contributed by atoms with van der Waals surface area (Å²) in [6.07, 6.45) is 0.937. The fraction of sp³-hybridized carbons (Fsp3) is 0.462. The third-order valence-corrected chi connectivity index (χ3v) is 3.21. The second-order valence-corrected chi connectivity index (χ2v) is 4.26. The van der Waals surface area contributed by atoms with E-state index in [1.807, 2.05) is 0 Å². The zero-order chi connectivity index (χ0) is 13.1. The quantitative estimate of drug-likeness (QED) is 0.833. The molecule has 0 spiro atoms. The number of halogens is 1. The Labute approximate surface area is 105 Å². The zero-order valence-electron chi connectivity index (χ0n) is 10.5. The second-order valence-electron chi connectivity index (χ2n) is 4.26. The summed E-state index contributed by atoms with van der Waals surface area (Å²) in [5, 5.41) is 3.21.